The largest absolute Gasteiger partial charge is 0.477 e. The molecule has 2 N–H and O–H groups in total. The Morgan fingerprint density at radius 2 is 2.29 bits per heavy atom. The zero-order valence-electron chi connectivity index (χ0n) is 10.2. The summed E-state index contributed by atoms with van der Waals surface area (Å²) in [4.78, 5) is 12.3. The number of carbonyl (C=O) groups is 1. The van der Waals surface area contributed by atoms with E-state index in [0.29, 0.717) is 10.3 Å². The molecule has 0 saturated heterocycles. The fourth-order valence-corrected chi connectivity index (χ4v) is 3.19. The van der Waals surface area contributed by atoms with E-state index < -0.39 is 5.97 Å². The van der Waals surface area contributed by atoms with Crippen molar-refractivity contribution in [1.82, 2.24) is 5.32 Å². The third-order valence-corrected chi connectivity index (χ3v) is 4.91. The number of thiophene rings is 1. The first-order chi connectivity index (χ1) is 8.15. The van der Waals surface area contributed by atoms with Crippen molar-refractivity contribution in [2.24, 2.45) is 5.41 Å². The van der Waals surface area contributed by atoms with Crippen LogP contribution in [0.5, 0.6) is 0 Å². The fourth-order valence-electron chi connectivity index (χ4n) is 2.37. The van der Waals surface area contributed by atoms with Gasteiger partial charge in [0.2, 0.25) is 0 Å². The van der Waals surface area contributed by atoms with Crippen LogP contribution in [0.1, 0.15) is 47.2 Å². The van der Waals surface area contributed by atoms with Gasteiger partial charge >= 0.3 is 5.97 Å². The number of carboxylic acid groups (broad SMARTS) is 1. The Labute approximate surface area is 106 Å². The van der Waals surface area contributed by atoms with Gasteiger partial charge in [-0.15, -0.1) is 11.3 Å². The zero-order chi connectivity index (χ0) is 12.3. The molecule has 1 aromatic rings. The van der Waals surface area contributed by atoms with Gasteiger partial charge in [-0.05, 0) is 36.8 Å². The highest BCUT2D eigenvalue weighted by atomic mass is 32.1. The molecule has 94 valence electrons. The number of rotatable bonds is 6. The normalized spacial score (nSPS) is 17.7. The molecule has 0 unspecified atom stereocenters. The van der Waals surface area contributed by atoms with Crippen LogP contribution in [0.15, 0.2) is 12.1 Å². The topological polar surface area (TPSA) is 49.3 Å². The molecular formula is C13H19NO2S. The molecular weight excluding hydrogens is 234 g/mol. The maximum Gasteiger partial charge on any atom is 0.345 e. The van der Waals surface area contributed by atoms with Gasteiger partial charge in [-0.3, -0.25) is 0 Å². The lowest BCUT2D eigenvalue weighted by molar-refractivity contribution is 0.0702. The molecule has 0 bridgehead atoms. The highest BCUT2D eigenvalue weighted by Crippen LogP contribution is 2.43. The summed E-state index contributed by atoms with van der Waals surface area (Å²) in [5.74, 6) is -0.828. The molecule has 1 heterocycles. The van der Waals surface area contributed by atoms with Crippen LogP contribution >= 0.6 is 11.3 Å². The van der Waals surface area contributed by atoms with Crippen LogP contribution in [0.25, 0.3) is 0 Å². The molecule has 2 rings (SSSR count). The van der Waals surface area contributed by atoms with Crippen molar-refractivity contribution in [2.75, 3.05) is 6.54 Å². The average molecular weight is 253 g/mol. The average Bonchev–Trinajstić information content (AvgIpc) is 2.71. The second-order valence-electron chi connectivity index (χ2n) is 4.88. The van der Waals surface area contributed by atoms with Crippen molar-refractivity contribution in [3.05, 3.63) is 21.9 Å². The smallest absolute Gasteiger partial charge is 0.345 e. The summed E-state index contributed by atoms with van der Waals surface area (Å²) in [7, 11) is 0. The van der Waals surface area contributed by atoms with Gasteiger partial charge < -0.3 is 10.4 Å². The lowest BCUT2D eigenvalue weighted by atomic mass is 9.67. The van der Waals surface area contributed by atoms with E-state index >= 15 is 0 Å². The molecule has 1 aromatic heterocycles. The zero-order valence-corrected chi connectivity index (χ0v) is 11.0. The Balaban J connectivity index is 1.79. The molecule has 0 atom stereocenters. The fraction of sp³-hybridized carbons (Fsp3) is 0.615. The highest BCUT2D eigenvalue weighted by molar-refractivity contribution is 7.13. The van der Waals surface area contributed by atoms with E-state index in [1.165, 1.54) is 37.0 Å². The van der Waals surface area contributed by atoms with Gasteiger partial charge in [-0.2, -0.15) is 0 Å². The Bertz CT molecular complexity index is 390. The summed E-state index contributed by atoms with van der Waals surface area (Å²) in [5, 5.41) is 12.3. The first kappa shape index (κ1) is 12.6. The molecule has 0 spiro atoms. The Hall–Kier alpha value is -0.870. The lowest BCUT2D eigenvalue weighted by Crippen LogP contribution is -2.39. The molecule has 0 amide bonds. The molecule has 1 aliphatic carbocycles. The molecule has 17 heavy (non-hydrogen) atoms. The standard InChI is InChI=1S/C13H19NO2S/c1-2-13(6-3-7-13)9-14-8-10-4-5-11(17-10)12(15)16/h4-5,14H,2-3,6-9H2,1H3,(H,15,16). The van der Waals surface area contributed by atoms with Gasteiger partial charge in [0.25, 0.3) is 0 Å². The number of aromatic carboxylic acids is 1. The van der Waals surface area contributed by atoms with Gasteiger partial charge in [-0.25, -0.2) is 4.79 Å². The third-order valence-electron chi connectivity index (χ3n) is 3.84. The predicted octanol–water partition coefficient (Wildman–Crippen LogP) is 3.12. The SMILES string of the molecule is CCC1(CNCc2ccc(C(=O)O)s2)CCC1. The van der Waals surface area contributed by atoms with Gasteiger partial charge in [0, 0.05) is 18.0 Å². The summed E-state index contributed by atoms with van der Waals surface area (Å²) >= 11 is 1.36. The molecule has 1 aliphatic rings. The molecule has 1 fully saturated rings. The van der Waals surface area contributed by atoms with Crippen LogP contribution in [0, 0.1) is 5.41 Å². The maximum atomic E-state index is 10.7. The van der Waals surface area contributed by atoms with Crippen LogP contribution in [0.3, 0.4) is 0 Å². The molecule has 4 heteroatoms. The van der Waals surface area contributed by atoms with E-state index in [2.05, 4.69) is 12.2 Å². The molecule has 0 aliphatic heterocycles. The van der Waals surface area contributed by atoms with Gasteiger partial charge in [0.1, 0.15) is 4.88 Å². The van der Waals surface area contributed by atoms with Crippen LogP contribution < -0.4 is 5.32 Å². The number of carboxylic acids is 1. The quantitative estimate of drug-likeness (QED) is 0.819. The van der Waals surface area contributed by atoms with Crippen LogP contribution in [-0.4, -0.2) is 17.6 Å². The molecule has 1 saturated carbocycles. The molecule has 0 aromatic carbocycles. The number of hydrogen-bond acceptors (Lipinski definition) is 3. The van der Waals surface area contributed by atoms with E-state index in [9.17, 15) is 4.79 Å². The van der Waals surface area contributed by atoms with Crippen molar-refractivity contribution in [1.29, 1.82) is 0 Å². The number of nitrogens with one attached hydrogen (secondary N) is 1. The van der Waals surface area contributed by atoms with Gasteiger partial charge in [0.15, 0.2) is 0 Å². The first-order valence-corrected chi connectivity index (χ1v) is 7.00. The maximum absolute atomic E-state index is 10.7. The minimum atomic E-state index is -0.828. The monoisotopic (exact) mass is 253 g/mol. The van der Waals surface area contributed by atoms with E-state index in [1.807, 2.05) is 6.07 Å². The molecule has 0 radical (unpaired) electrons. The Morgan fingerprint density at radius 3 is 2.76 bits per heavy atom. The van der Waals surface area contributed by atoms with Crippen molar-refractivity contribution >= 4 is 17.3 Å². The summed E-state index contributed by atoms with van der Waals surface area (Å²) in [6, 6.07) is 3.59. The summed E-state index contributed by atoms with van der Waals surface area (Å²) < 4.78 is 0. The van der Waals surface area contributed by atoms with Crippen LogP contribution in [0.4, 0.5) is 0 Å². The minimum Gasteiger partial charge on any atom is -0.477 e. The van der Waals surface area contributed by atoms with Crippen molar-refractivity contribution in [2.45, 2.75) is 39.2 Å². The first-order valence-electron chi connectivity index (χ1n) is 6.18. The van der Waals surface area contributed by atoms with Crippen molar-refractivity contribution < 1.29 is 9.90 Å². The van der Waals surface area contributed by atoms with Gasteiger partial charge in [-0.1, -0.05) is 13.3 Å². The number of hydrogen-bond donors (Lipinski definition) is 2. The third kappa shape index (κ3) is 2.87. The molecule has 3 nitrogen and oxygen atoms in total. The van der Waals surface area contributed by atoms with E-state index in [-0.39, 0.29) is 0 Å². The minimum absolute atomic E-state index is 0.427. The summed E-state index contributed by atoms with van der Waals surface area (Å²) in [5.41, 5.74) is 0.521. The lowest BCUT2D eigenvalue weighted by Gasteiger charge is -2.41. The van der Waals surface area contributed by atoms with E-state index in [1.54, 1.807) is 6.07 Å². The van der Waals surface area contributed by atoms with Gasteiger partial charge in [0.05, 0.1) is 0 Å². The summed E-state index contributed by atoms with van der Waals surface area (Å²) in [6.45, 7) is 4.11. The Kier molecular flexibility index (Phi) is 3.84. The second kappa shape index (κ2) is 5.19. The van der Waals surface area contributed by atoms with E-state index in [0.717, 1.165) is 18.0 Å². The van der Waals surface area contributed by atoms with Crippen LogP contribution in [0.2, 0.25) is 0 Å². The summed E-state index contributed by atoms with van der Waals surface area (Å²) in [6.07, 6.45) is 5.27. The predicted molar refractivity (Wildman–Crippen MR) is 69.6 cm³/mol. The highest BCUT2D eigenvalue weighted by Gasteiger charge is 2.34. The van der Waals surface area contributed by atoms with E-state index in [4.69, 9.17) is 5.11 Å². The van der Waals surface area contributed by atoms with Crippen molar-refractivity contribution in [3.8, 4) is 0 Å². The Morgan fingerprint density at radius 1 is 1.53 bits per heavy atom. The van der Waals surface area contributed by atoms with Crippen molar-refractivity contribution in [3.63, 3.8) is 0 Å². The second-order valence-corrected chi connectivity index (χ2v) is 6.05. The van der Waals surface area contributed by atoms with Crippen LogP contribution in [-0.2, 0) is 6.54 Å².